The van der Waals surface area contributed by atoms with Gasteiger partial charge in [0, 0.05) is 25.5 Å². The van der Waals surface area contributed by atoms with Gasteiger partial charge >= 0.3 is 0 Å². The van der Waals surface area contributed by atoms with Crippen LogP contribution in [0.5, 0.6) is 0 Å². The Bertz CT molecular complexity index is 224. The molecule has 0 spiro atoms. The van der Waals surface area contributed by atoms with E-state index >= 15 is 0 Å². The zero-order chi connectivity index (χ0) is 9.68. The molecule has 1 aliphatic rings. The first-order chi connectivity index (χ1) is 6.22. The van der Waals surface area contributed by atoms with E-state index in [1.54, 1.807) is 0 Å². The first kappa shape index (κ1) is 10.2. The molecule has 1 aliphatic carbocycles. The summed E-state index contributed by atoms with van der Waals surface area (Å²) in [4.78, 5) is 0. The third kappa shape index (κ3) is 3.55. The third-order valence-corrected chi connectivity index (χ3v) is 1.61. The second-order valence-corrected chi connectivity index (χ2v) is 2.81. The van der Waals surface area contributed by atoms with Crippen molar-refractivity contribution in [2.24, 2.45) is 0 Å². The summed E-state index contributed by atoms with van der Waals surface area (Å²) >= 11 is 0. The number of halogens is 2. The molecule has 0 bridgehead atoms. The quantitative estimate of drug-likeness (QED) is 0.685. The van der Waals surface area contributed by atoms with Crippen molar-refractivity contribution < 1.29 is 18.6 Å². The molecular weight excluding hydrogens is 178 g/mol. The van der Waals surface area contributed by atoms with E-state index in [-0.39, 0.29) is 25.4 Å². The van der Waals surface area contributed by atoms with Crippen molar-refractivity contribution in [2.75, 3.05) is 13.2 Å². The van der Waals surface area contributed by atoms with Crippen LogP contribution in [0.3, 0.4) is 0 Å². The molecule has 0 saturated heterocycles. The van der Waals surface area contributed by atoms with Gasteiger partial charge in [-0.05, 0) is 6.08 Å². The van der Waals surface area contributed by atoms with Crippen LogP contribution in [0.25, 0.3) is 0 Å². The Hall–Kier alpha value is -0.900. The third-order valence-electron chi connectivity index (χ3n) is 1.61. The SMILES string of the molecule is OCCCOC1=CC(F)CC(F)=C1. The molecule has 1 atom stereocenters. The van der Waals surface area contributed by atoms with Gasteiger partial charge in [-0.2, -0.15) is 0 Å². The molecule has 0 amide bonds. The van der Waals surface area contributed by atoms with Crippen LogP contribution in [-0.2, 0) is 4.74 Å². The minimum Gasteiger partial charge on any atom is -0.494 e. The van der Waals surface area contributed by atoms with Gasteiger partial charge in [-0.25, -0.2) is 8.78 Å². The fourth-order valence-corrected chi connectivity index (χ4v) is 1.03. The number of ether oxygens (including phenoxy) is 1. The molecule has 0 saturated carbocycles. The molecule has 1 N–H and O–H groups in total. The van der Waals surface area contributed by atoms with Gasteiger partial charge < -0.3 is 9.84 Å². The van der Waals surface area contributed by atoms with Crippen LogP contribution in [0.15, 0.2) is 23.7 Å². The minimum absolute atomic E-state index is 0.0124. The molecule has 2 nitrogen and oxygen atoms in total. The Morgan fingerprint density at radius 1 is 1.62 bits per heavy atom. The highest BCUT2D eigenvalue weighted by Crippen LogP contribution is 2.21. The highest BCUT2D eigenvalue weighted by molar-refractivity contribution is 5.22. The predicted molar refractivity (Wildman–Crippen MR) is 44.4 cm³/mol. The molecule has 0 aromatic rings. The maximum absolute atomic E-state index is 12.7. The van der Waals surface area contributed by atoms with Crippen LogP contribution in [0, 0.1) is 0 Å². The summed E-state index contributed by atoms with van der Waals surface area (Å²) in [5.74, 6) is -0.293. The second kappa shape index (κ2) is 4.97. The topological polar surface area (TPSA) is 29.5 Å². The number of rotatable bonds is 4. The lowest BCUT2D eigenvalue weighted by atomic mass is 10.1. The fourth-order valence-electron chi connectivity index (χ4n) is 1.03. The van der Waals surface area contributed by atoms with E-state index in [2.05, 4.69) is 0 Å². The molecule has 74 valence electrons. The van der Waals surface area contributed by atoms with Gasteiger partial charge in [0.15, 0.2) is 0 Å². The highest BCUT2D eigenvalue weighted by atomic mass is 19.1. The summed E-state index contributed by atoms with van der Waals surface area (Å²) in [6.07, 6.45) is 1.37. The van der Waals surface area contributed by atoms with Crippen molar-refractivity contribution in [1.29, 1.82) is 0 Å². The molecule has 13 heavy (non-hydrogen) atoms. The summed E-state index contributed by atoms with van der Waals surface area (Å²) in [5, 5.41) is 8.44. The smallest absolute Gasteiger partial charge is 0.128 e. The monoisotopic (exact) mass is 190 g/mol. The molecule has 1 rings (SSSR count). The van der Waals surface area contributed by atoms with Gasteiger partial charge in [-0.15, -0.1) is 0 Å². The molecule has 0 heterocycles. The van der Waals surface area contributed by atoms with Crippen LogP contribution in [0.4, 0.5) is 8.78 Å². The van der Waals surface area contributed by atoms with Gasteiger partial charge in [0.1, 0.15) is 17.8 Å². The lowest BCUT2D eigenvalue weighted by Gasteiger charge is -2.12. The number of hydrogen-bond acceptors (Lipinski definition) is 2. The maximum atomic E-state index is 12.7. The van der Waals surface area contributed by atoms with Crippen LogP contribution in [0.1, 0.15) is 12.8 Å². The summed E-state index contributed by atoms with van der Waals surface area (Å²) < 4.78 is 30.4. The Labute approximate surface area is 75.5 Å². The summed E-state index contributed by atoms with van der Waals surface area (Å²) in [7, 11) is 0. The predicted octanol–water partition coefficient (Wildman–Crippen LogP) is 1.86. The molecule has 0 aromatic heterocycles. The molecule has 0 aromatic carbocycles. The summed E-state index contributed by atoms with van der Waals surface area (Å²) in [5.41, 5.74) is 0. The van der Waals surface area contributed by atoms with Crippen LogP contribution < -0.4 is 0 Å². The van der Waals surface area contributed by atoms with Gasteiger partial charge in [-0.3, -0.25) is 0 Å². The molecule has 0 radical (unpaired) electrons. The molecule has 0 aliphatic heterocycles. The molecule has 0 fully saturated rings. The largest absolute Gasteiger partial charge is 0.494 e. The van der Waals surface area contributed by atoms with Crippen LogP contribution in [0.2, 0.25) is 0 Å². The Balaban J connectivity index is 2.40. The van der Waals surface area contributed by atoms with Crippen molar-refractivity contribution in [2.45, 2.75) is 19.0 Å². The van der Waals surface area contributed by atoms with Gasteiger partial charge in [0.2, 0.25) is 0 Å². The van der Waals surface area contributed by atoms with E-state index in [1.807, 2.05) is 0 Å². The lowest BCUT2D eigenvalue weighted by molar-refractivity contribution is 0.178. The summed E-state index contributed by atoms with van der Waals surface area (Å²) in [6.45, 7) is 0.289. The van der Waals surface area contributed by atoms with E-state index in [0.29, 0.717) is 6.42 Å². The maximum Gasteiger partial charge on any atom is 0.128 e. The van der Waals surface area contributed by atoms with Gasteiger partial charge in [-0.1, -0.05) is 0 Å². The molecule has 1 unspecified atom stereocenters. The standard InChI is InChI=1S/C9H12F2O2/c10-7-4-8(11)6-9(5-7)13-3-1-2-12/h5-7,12H,1-4H2. The van der Waals surface area contributed by atoms with Crippen molar-refractivity contribution in [3.63, 3.8) is 0 Å². The van der Waals surface area contributed by atoms with Crippen molar-refractivity contribution >= 4 is 0 Å². The zero-order valence-corrected chi connectivity index (χ0v) is 7.17. The minimum atomic E-state index is -1.30. The normalized spacial score (nSPS) is 22.2. The van der Waals surface area contributed by atoms with Gasteiger partial charge in [0.25, 0.3) is 0 Å². The number of hydrogen-bond donors (Lipinski definition) is 1. The van der Waals surface area contributed by atoms with E-state index in [1.165, 1.54) is 12.2 Å². The fraction of sp³-hybridized carbons (Fsp3) is 0.556. The van der Waals surface area contributed by atoms with Crippen molar-refractivity contribution in [3.05, 3.63) is 23.7 Å². The van der Waals surface area contributed by atoms with Crippen LogP contribution in [-0.4, -0.2) is 24.5 Å². The number of alkyl halides is 1. The number of aliphatic hydroxyl groups excluding tert-OH is 1. The Morgan fingerprint density at radius 2 is 2.38 bits per heavy atom. The zero-order valence-electron chi connectivity index (χ0n) is 7.17. The second-order valence-electron chi connectivity index (χ2n) is 2.81. The summed E-state index contributed by atoms with van der Waals surface area (Å²) in [6, 6.07) is 0. The Kier molecular flexibility index (Phi) is 3.89. The average molecular weight is 190 g/mol. The van der Waals surface area contributed by atoms with Gasteiger partial charge in [0.05, 0.1) is 6.61 Å². The van der Waals surface area contributed by atoms with E-state index < -0.39 is 12.0 Å². The average Bonchev–Trinajstić information content (AvgIpc) is 2.03. The first-order valence-electron chi connectivity index (χ1n) is 4.18. The molecular formula is C9H12F2O2. The first-order valence-corrected chi connectivity index (χ1v) is 4.18. The number of allylic oxidation sites excluding steroid dienone is 3. The van der Waals surface area contributed by atoms with Crippen molar-refractivity contribution in [3.8, 4) is 0 Å². The highest BCUT2D eigenvalue weighted by Gasteiger charge is 2.14. The number of aliphatic hydroxyl groups is 1. The lowest BCUT2D eigenvalue weighted by Crippen LogP contribution is -2.06. The van der Waals surface area contributed by atoms with E-state index in [0.717, 1.165) is 0 Å². The van der Waals surface area contributed by atoms with Crippen molar-refractivity contribution in [1.82, 2.24) is 0 Å². The van der Waals surface area contributed by atoms with E-state index in [9.17, 15) is 8.78 Å². The van der Waals surface area contributed by atoms with E-state index in [4.69, 9.17) is 9.84 Å². The van der Waals surface area contributed by atoms with Crippen LogP contribution >= 0.6 is 0 Å². The molecule has 4 heteroatoms. The Morgan fingerprint density at radius 3 is 3.00 bits per heavy atom.